The van der Waals surface area contributed by atoms with Gasteiger partial charge in [-0.3, -0.25) is 4.57 Å². The van der Waals surface area contributed by atoms with Gasteiger partial charge < -0.3 is 0 Å². The van der Waals surface area contributed by atoms with E-state index in [1.165, 1.54) is 49.4 Å². The van der Waals surface area contributed by atoms with Crippen LogP contribution in [0.25, 0.3) is 22.4 Å². The van der Waals surface area contributed by atoms with Crippen molar-refractivity contribution in [3.05, 3.63) is 66.1 Å². The number of hydrogen-bond acceptors (Lipinski definition) is 2. The molecule has 1 heterocycles. The third kappa shape index (κ3) is 3.74. The van der Waals surface area contributed by atoms with Gasteiger partial charge in [0, 0.05) is 11.3 Å². The second kappa shape index (κ2) is 6.50. The number of nitrogens with two attached hydrogens (primary N) is 1. The Morgan fingerprint density at radius 3 is 1.93 bits per heavy atom. The molecule has 0 amide bonds. The summed E-state index contributed by atoms with van der Waals surface area (Å²) in [5.41, 5.74) is 0.647. The highest BCUT2D eigenvalue weighted by atomic mass is 32.2. The summed E-state index contributed by atoms with van der Waals surface area (Å²) < 4.78 is 76.9. The summed E-state index contributed by atoms with van der Waals surface area (Å²) in [6, 6.07) is 11.3. The predicted molar refractivity (Wildman–Crippen MR) is 92.7 cm³/mol. The number of primary sulfonamides is 1. The number of sulfonamides is 1. The maximum absolute atomic E-state index is 13.6. The maximum Gasteiger partial charge on any atom is 0.489 e. The maximum atomic E-state index is 13.6. The van der Waals surface area contributed by atoms with Crippen LogP contribution in [0.15, 0.2) is 59.5 Å². The van der Waals surface area contributed by atoms with Crippen molar-refractivity contribution in [2.75, 3.05) is 0 Å². The second-order valence-corrected chi connectivity index (χ2v) is 7.47. The Kier molecular flexibility index (Phi) is 4.61. The van der Waals surface area contributed by atoms with Gasteiger partial charge in [-0.2, -0.15) is 0 Å². The molecule has 3 rings (SSSR count). The molecule has 0 atom stereocenters. The van der Waals surface area contributed by atoms with Gasteiger partial charge in [0.2, 0.25) is 10.0 Å². The molecule has 1 aromatic heterocycles. The van der Waals surface area contributed by atoms with Gasteiger partial charge in [-0.1, -0.05) is 24.3 Å². The monoisotopic (exact) mass is 398 g/mol. The summed E-state index contributed by atoms with van der Waals surface area (Å²) in [6.45, 7) is 1.31. The molecule has 2 aromatic carbocycles. The highest BCUT2D eigenvalue weighted by molar-refractivity contribution is 7.89. The van der Waals surface area contributed by atoms with Gasteiger partial charge in [0.15, 0.2) is 0 Å². The van der Waals surface area contributed by atoms with E-state index in [0.717, 1.165) is 12.1 Å². The number of benzene rings is 2. The van der Waals surface area contributed by atoms with Gasteiger partial charge in [0.1, 0.15) is 5.82 Å². The lowest BCUT2D eigenvalue weighted by molar-refractivity contribution is -0.203. The number of alkyl halides is 3. The van der Waals surface area contributed by atoms with Crippen molar-refractivity contribution in [1.82, 2.24) is 4.57 Å². The Bertz CT molecular complexity index is 1080. The molecule has 0 spiro atoms. The molecule has 142 valence electrons. The standard InChI is InChI=1S/C18H14F4N2O2S/c1-11-16(12-2-6-14(19)7-3-12)10-17(24(11)18(20,21)22)13-4-8-15(9-5-13)27(23,25)26/h2-10H,1H3,(H2,23,25,26). The summed E-state index contributed by atoms with van der Waals surface area (Å²) in [5, 5.41) is 5.02. The van der Waals surface area contributed by atoms with Crippen molar-refractivity contribution in [1.29, 1.82) is 0 Å². The minimum absolute atomic E-state index is 0.0698. The van der Waals surface area contributed by atoms with E-state index in [1.54, 1.807) is 0 Å². The molecule has 0 saturated heterocycles. The second-order valence-electron chi connectivity index (χ2n) is 5.91. The van der Waals surface area contributed by atoms with Crippen LogP contribution in [0.1, 0.15) is 5.69 Å². The third-order valence-electron chi connectivity index (χ3n) is 4.13. The van der Waals surface area contributed by atoms with Gasteiger partial charge in [0.05, 0.1) is 10.6 Å². The molecular formula is C18H14F4N2O2S. The van der Waals surface area contributed by atoms with E-state index in [4.69, 9.17) is 5.14 Å². The summed E-state index contributed by atoms with van der Waals surface area (Å²) in [7, 11) is -3.95. The number of nitrogens with zero attached hydrogens (tertiary/aromatic N) is 1. The summed E-state index contributed by atoms with van der Waals surface area (Å²) in [4.78, 5) is -0.202. The minimum Gasteiger partial charge on any atom is -0.256 e. The number of aromatic nitrogens is 1. The molecule has 0 unspecified atom stereocenters. The van der Waals surface area contributed by atoms with Crippen LogP contribution >= 0.6 is 0 Å². The molecule has 0 aliphatic rings. The zero-order chi connectivity index (χ0) is 20.0. The highest BCUT2D eigenvalue weighted by Crippen LogP contribution is 2.39. The average Bonchev–Trinajstić information content (AvgIpc) is 2.92. The topological polar surface area (TPSA) is 65.1 Å². The van der Waals surface area contributed by atoms with Crippen LogP contribution in [0.3, 0.4) is 0 Å². The number of hydrogen-bond donors (Lipinski definition) is 1. The Labute approximate surface area is 152 Å². The van der Waals surface area contributed by atoms with E-state index in [2.05, 4.69) is 0 Å². The summed E-state index contributed by atoms with van der Waals surface area (Å²) in [5.74, 6) is -0.495. The van der Waals surface area contributed by atoms with Crippen molar-refractivity contribution in [2.45, 2.75) is 18.1 Å². The van der Waals surface area contributed by atoms with Crippen LogP contribution in [0.5, 0.6) is 0 Å². The van der Waals surface area contributed by atoms with E-state index >= 15 is 0 Å². The van der Waals surface area contributed by atoms with E-state index in [-0.39, 0.29) is 32.0 Å². The third-order valence-corrected chi connectivity index (χ3v) is 5.06. The Hall–Kier alpha value is -2.65. The summed E-state index contributed by atoms with van der Waals surface area (Å²) >= 11 is 0. The van der Waals surface area contributed by atoms with E-state index < -0.39 is 22.1 Å². The quantitative estimate of drug-likeness (QED) is 0.665. The molecule has 9 heteroatoms. The van der Waals surface area contributed by atoms with E-state index in [9.17, 15) is 26.0 Å². The van der Waals surface area contributed by atoms with Crippen molar-refractivity contribution in [3.63, 3.8) is 0 Å². The molecule has 2 N–H and O–H groups in total. The number of halogens is 4. The Morgan fingerprint density at radius 2 is 1.44 bits per heavy atom. The van der Waals surface area contributed by atoms with E-state index in [0.29, 0.717) is 5.56 Å². The first-order valence-electron chi connectivity index (χ1n) is 7.67. The van der Waals surface area contributed by atoms with E-state index in [1.807, 2.05) is 0 Å². The zero-order valence-electron chi connectivity index (χ0n) is 14.0. The van der Waals surface area contributed by atoms with Crippen molar-refractivity contribution >= 4 is 10.0 Å². The van der Waals surface area contributed by atoms with Crippen LogP contribution < -0.4 is 5.14 Å². The predicted octanol–water partition coefficient (Wildman–Crippen LogP) is 4.39. The molecule has 27 heavy (non-hydrogen) atoms. The van der Waals surface area contributed by atoms with Gasteiger partial charge >= 0.3 is 6.30 Å². The normalized spacial score (nSPS) is 12.4. The molecule has 0 bridgehead atoms. The van der Waals surface area contributed by atoms with Gasteiger partial charge in [-0.15, -0.1) is 13.2 Å². The number of rotatable bonds is 3. The lowest BCUT2D eigenvalue weighted by Gasteiger charge is -2.15. The van der Waals surface area contributed by atoms with Gasteiger partial charge in [0.25, 0.3) is 0 Å². The highest BCUT2D eigenvalue weighted by Gasteiger charge is 2.36. The summed E-state index contributed by atoms with van der Waals surface area (Å²) in [6.07, 6.45) is -4.70. The van der Waals surface area contributed by atoms with Crippen LogP contribution in [-0.2, 0) is 16.3 Å². The first-order valence-corrected chi connectivity index (χ1v) is 9.22. The average molecular weight is 398 g/mol. The lowest BCUT2D eigenvalue weighted by atomic mass is 10.1. The molecule has 0 saturated carbocycles. The first-order chi connectivity index (χ1) is 12.5. The molecular weight excluding hydrogens is 384 g/mol. The fourth-order valence-corrected chi connectivity index (χ4v) is 3.40. The fraction of sp³-hybridized carbons (Fsp3) is 0.111. The largest absolute Gasteiger partial charge is 0.489 e. The van der Waals surface area contributed by atoms with Crippen LogP contribution in [0.4, 0.5) is 17.6 Å². The Morgan fingerprint density at radius 1 is 0.926 bits per heavy atom. The zero-order valence-corrected chi connectivity index (χ0v) is 14.8. The Balaban J connectivity index is 2.20. The van der Waals surface area contributed by atoms with Gasteiger partial charge in [-0.25, -0.2) is 17.9 Å². The minimum atomic E-state index is -4.70. The fourth-order valence-electron chi connectivity index (χ4n) is 2.88. The van der Waals surface area contributed by atoms with Crippen LogP contribution in [-0.4, -0.2) is 13.0 Å². The molecule has 0 aliphatic carbocycles. The van der Waals surface area contributed by atoms with Crippen molar-refractivity contribution in [2.24, 2.45) is 5.14 Å². The molecule has 0 radical (unpaired) electrons. The smallest absolute Gasteiger partial charge is 0.256 e. The molecule has 4 nitrogen and oxygen atoms in total. The SMILES string of the molecule is Cc1c(-c2ccc(F)cc2)cc(-c2ccc(S(N)(=O)=O)cc2)n1C(F)(F)F. The lowest BCUT2D eigenvalue weighted by Crippen LogP contribution is -2.19. The van der Waals surface area contributed by atoms with Crippen LogP contribution in [0.2, 0.25) is 0 Å². The van der Waals surface area contributed by atoms with Gasteiger partial charge in [-0.05, 0) is 48.4 Å². The van der Waals surface area contributed by atoms with Crippen LogP contribution in [0, 0.1) is 12.7 Å². The molecule has 0 fully saturated rings. The molecule has 0 aliphatic heterocycles. The molecule has 3 aromatic rings. The van der Waals surface area contributed by atoms with Crippen molar-refractivity contribution < 1.29 is 26.0 Å². The first kappa shape index (κ1) is 19.1. The van der Waals surface area contributed by atoms with Crippen molar-refractivity contribution in [3.8, 4) is 22.4 Å².